The van der Waals surface area contributed by atoms with Gasteiger partial charge in [0, 0.05) is 17.3 Å². The molecule has 29 heavy (non-hydrogen) atoms. The van der Waals surface area contributed by atoms with Gasteiger partial charge in [-0.1, -0.05) is 6.07 Å². The maximum atomic E-state index is 12.2. The van der Waals surface area contributed by atoms with Gasteiger partial charge in [0.15, 0.2) is 5.82 Å². The van der Waals surface area contributed by atoms with Gasteiger partial charge in [0.05, 0.1) is 28.8 Å². The van der Waals surface area contributed by atoms with Crippen LogP contribution in [0, 0.1) is 17.0 Å². The van der Waals surface area contributed by atoms with E-state index in [2.05, 4.69) is 26.2 Å². The van der Waals surface area contributed by atoms with Gasteiger partial charge in [0.2, 0.25) is 5.91 Å². The van der Waals surface area contributed by atoms with Crippen LogP contribution in [0.4, 0.5) is 17.1 Å². The number of rotatable bonds is 7. The van der Waals surface area contributed by atoms with E-state index in [0.29, 0.717) is 17.3 Å². The SMILES string of the molecule is Cc1c(NC(=O)CNc2ccc(-c3nnnn3C3CC3)cc2)cccc1[N+](=O)[O-]. The standard InChI is InChI=1S/C19H19N7O3/c1-12-16(3-2-4-17(12)26(28)29)21-18(27)11-20-14-7-5-13(6-8-14)19-22-23-24-25(19)15-9-10-15/h2-8,15,20H,9-11H2,1H3,(H,21,27). The predicted octanol–water partition coefficient (Wildman–Crippen LogP) is 2.94. The molecular formula is C19H19N7O3. The molecule has 2 N–H and O–H groups in total. The van der Waals surface area contributed by atoms with E-state index in [1.165, 1.54) is 6.07 Å². The van der Waals surface area contributed by atoms with E-state index < -0.39 is 4.92 Å². The first kappa shape index (κ1) is 18.5. The Bertz CT molecular complexity index is 1060. The molecule has 0 unspecified atom stereocenters. The van der Waals surface area contributed by atoms with Crippen molar-refractivity contribution in [1.82, 2.24) is 20.2 Å². The zero-order valence-corrected chi connectivity index (χ0v) is 15.7. The third-order valence-electron chi connectivity index (χ3n) is 4.76. The largest absolute Gasteiger partial charge is 0.376 e. The van der Waals surface area contributed by atoms with Crippen LogP contribution in [0.1, 0.15) is 24.4 Å². The van der Waals surface area contributed by atoms with E-state index in [0.717, 1.165) is 29.9 Å². The molecule has 10 nitrogen and oxygen atoms in total. The molecule has 1 aliphatic rings. The van der Waals surface area contributed by atoms with Crippen molar-refractivity contribution in [2.24, 2.45) is 0 Å². The van der Waals surface area contributed by atoms with Crippen LogP contribution in [0.3, 0.4) is 0 Å². The monoisotopic (exact) mass is 393 g/mol. The average Bonchev–Trinajstić information content (AvgIpc) is 3.44. The Labute approximate surface area is 166 Å². The van der Waals surface area contributed by atoms with Gasteiger partial charge in [-0.25, -0.2) is 4.68 Å². The van der Waals surface area contributed by atoms with Crippen LogP contribution in [0.2, 0.25) is 0 Å². The summed E-state index contributed by atoms with van der Waals surface area (Å²) in [7, 11) is 0. The zero-order valence-electron chi connectivity index (χ0n) is 15.7. The second kappa shape index (κ2) is 7.66. The van der Waals surface area contributed by atoms with Gasteiger partial charge in [-0.15, -0.1) is 5.10 Å². The predicted molar refractivity (Wildman–Crippen MR) is 106 cm³/mol. The first-order valence-electron chi connectivity index (χ1n) is 9.19. The minimum Gasteiger partial charge on any atom is -0.376 e. The Morgan fingerprint density at radius 3 is 2.69 bits per heavy atom. The molecule has 0 atom stereocenters. The lowest BCUT2D eigenvalue weighted by Crippen LogP contribution is -2.22. The number of aromatic nitrogens is 4. The van der Waals surface area contributed by atoms with Crippen molar-refractivity contribution in [3.05, 3.63) is 58.1 Å². The third-order valence-corrected chi connectivity index (χ3v) is 4.76. The fraction of sp³-hybridized carbons (Fsp3) is 0.263. The number of benzene rings is 2. The molecular weight excluding hydrogens is 374 g/mol. The maximum Gasteiger partial charge on any atom is 0.274 e. The first-order valence-corrected chi connectivity index (χ1v) is 9.19. The summed E-state index contributed by atoms with van der Waals surface area (Å²) < 4.78 is 1.84. The van der Waals surface area contributed by atoms with E-state index >= 15 is 0 Å². The van der Waals surface area contributed by atoms with Crippen molar-refractivity contribution in [3.8, 4) is 11.4 Å². The number of amides is 1. The molecule has 1 saturated carbocycles. The van der Waals surface area contributed by atoms with Crippen molar-refractivity contribution < 1.29 is 9.72 Å². The summed E-state index contributed by atoms with van der Waals surface area (Å²) in [5.74, 6) is 0.438. The molecule has 1 aromatic heterocycles. The average molecular weight is 393 g/mol. The third kappa shape index (κ3) is 4.05. The number of nitro groups is 1. The number of nitrogens with one attached hydrogen (secondary N) is 2. The smallest absolute Gasteiger partial charge is 0.274 e. The Morgan fingerprint density at radius 2 is 2.00 bits per heavy atom. The highest BCUT2D eigenvalue weighted by molar-refractivity contribution is 5.94. The fourth-order valence-corrected chi connectivity index (χ4v) is 3.02. The van der Waals surface area contributed by atoms with Gasteiger partial charge in [0.25, 0.3) is 5.69 Å². The number of anilines is 2. The maximum absolute atomic E-state index is 12.2. The lowest BCUT2D eigenvalue weighted by Gasteiger charge is -2.10. The minimum absolute atomic E-state index is 0.0279. The van der Waals surface area contributed by atoms with Crippen LogP contribution in [0.5, 0.6) is 0 Å². The van der Waals surface area contributed by atoms with E-state index in [1.54, 1.807) is 19.1 Å². The van der Waals surface area contributed by atoms with Gasteiger partial charge < -0.3 is 10.6 Å². The highest BCUT2D eigenvalue weighted by Crippen LogP contribution is 2.36. The highest BCUT2D eigenvalue weighted by atomic mass is 16.6. The summed E-state index contributed by atoms with van der Waals surface area (Å²) in [5, 5.41) is 28.7. The van der Waals surface area contributed by atoms with Crippen molar-refractivity contribution in [2.45, 2.75) is 25.8 Å². The molecule has 1 aliphatic carbocycles. The molecule has 2 aromatic carbocycles. The number of tetrazole rings is 1. The van der Waals surface area contributed by atoms with Crippen LogP contribution >= 0.6 is 0 Å². The van der Waals surface area contributed by atoms with Crippen molar-refractivity contribution in [1.29, 1.82) is 0 Å². The number of carbonyl (C=O) groups excluding carboxylic acids is 1. The summed E-state index contributed by atoms with van der Waals surface area (Å²) in [6.45, 7) is 1.64. The Hall–Kier alpha value is -3.82. The molecule has 1 fully saturated rings. The lowest BCUT2D eigenvalue weighted by atomic mass is 10.1. The summed E-state index contributed by atoms with van der Waals surface area (Å²) in [6.07, 6.45) is 2.19. The molecule has 0 saturated heterocycles. The van der Waals surface area contributed by atoms with Crippen LogP contribution in [0.25, 0.3) is 11.4 Å². The van der Waals surface area contributed by atoms with Gasteiger partial charge >= 0.3 is 0 Å². The molecule has 3 aromatic rings. The summed E-state index contributed by atoms with van der Waals surface area (Å²) in [6, 6.07) is 12.5. The van der Waals surface area contributed by atoms with Crippen molar-refractivity contribution >= 4 is 23.0 Å². The van der Waals surface area contributed by atoms with Crippen molar-refractivity contribution in [3.63, 3.8) is 0 Å². The van der Waals surface area contributed by atoms with Gasteiger partial charge in [0.1, 0.15) is 0 Å². The van der Waals surface area contributed by atoms with E-state index in [-0.39, 0.29) is 18.1 Å². The lowest BCUT2D eigenvalue weighted by molar-refractivity contribution is -0.385. The van der Waals surface area contributed by atoms with Crippen LogP contribution in [-0.2, 0) is 4.79 Å². The van der Waals surface area contributed by atoms with E-state index in [9.17, 15) is 14.9 Å². The molecule has 1 amide bonds. The summed E-state index contributed by atoms with van der Waals surface area (Å²) >= 11 is 0. The molecule has 1 heterocycles. The van der Waals surface area contributed by atoms with Crippen molar-refractivity contribution in [2.75, 3.05) is 17.2 Å². The number of carbonyl (C=O) groups is 1. The highest BCUT2D eigenvalue weighted by Gasteiger charge is 2.28. The second-order valence-electron chi connectivity index (χ2n) is 6.86. The van der Waals surface area contributed by atoms with Crippen LogP contribution in [0.15, 0.2) is 42.5 Å². The topological polar surface area (TPSA) is 128 Å². The number of hydrogen-bond acceptors (Lipinski definition) is 7. The van der Waals surface area contributed by atoms with Gasteiger partial charge in [-0.2, -0.15) is 0 Å². The Kier molecular flexibility index (Phi) is 4.90. The Morgan fingerprint density at radius 1 is 1.24 bits per heavy atom. The van der Waals surface area contributed by atoms with E-state index in [4.69, 9.17) is 0 Å². The Balaban J connectivity index is 1.37. The molecule has 0 spiro atoms. The summed E-state index contributed by atoms with van der Waals surface area (Å²) in [5.41, 5.74) is 2.49. The zero-order chi connectivity index (χ0) is 20.4. The number of hydrogen-bond donors (Lipinski definition) is 2. The molecule has 0 aliphatic heterocycles. The minimum atomic E-state index is -0.468. The summed E-state index contributed by atoms with van der Waals surface area (Å²) in [4.78, 5) is 22.8. The molecule has 10 heteroatoms. The normalized spacial score (nSPS) is 13.1. The quantitative estimate of drug-likeness (QED) is 0.466. The van der Waals surface area contributed by atoms with Gasteiger partial charge in [-0.3, -0.25) is 14.9 Å². The van der Waals surface area contributed by atoms with Crippen LogP contribution < -0.4 is 10.6 Å². The number of nitro benzene ring substituents is 1. The molecule has 0 bridgehead atoms. The number of nitrogens with zero attached hydrogens (tertiary/aromatic N) is 5. The first-order chi connectivity index (χ1) is 14.0. The van der Waals surface area contributed by atoms with E-state index in [1.807, 2.05) is 28.9 Å². The molecule has 4 rings (SSSR count). The molecule has 148 valence electrons. The second-order valence-corrected chi connectivity index (χ2v) is 6.86. The van der Waals surface area contributed by atoms with Gasteiger partial charge in [-0.05, 0) is 60.5 Å². The molecule has 0 radical (unpaired) electrons. The fourth-order valence-electron chi connectivity index (χ4n) is 3.02. The van der Waals surface area contributed by atoms with Crippen LogP contribution in [-0.4, -0.2) is 37.6 Å².